The van der Waals surface area contributed by atoms with Crippen molar-refractivity contribution in [3.63, 3.8) is 0 Å². The Balaban J connectivity index is 2.06. The molecular formula is C13H16N2O2S. The van der Waals surface area contributed by atoms with Crippen molar-refractivity contribution < 1.29 is 9.90 Å². The Morgan fingerprint density at radius 1 is 1.44 bits per heavy atom. The lowest BCUT2D eigenvalue weighted by molar-refractivity contribution is -0.137. The lowest BCUT2D eigenvalue weighted by Gasteiger charge is -1.99. The number of aliphatic carboxylic acids is 1. The normalized spacial score (nSPS) is 10.8. The molecule has 1 aromatic heterocycles. The molecule has 1 heterocycles. The van der Waals surface area contributed by atoms with Crippen LogP contribution < -0.4 is 5.32 Å². The van der Waals surface area contributed by atoms with E-state index in [-0.39, 0.29) is 6.42 Å². The third-order valence-electron chi connectivity index (χ3n) is 2.66. The van der Waals surface area contributed by atoms with Crippen molar-refractivity contribution in [3.8, 4) is 0 Å². The van der Waals surface area contributed by atoms with Crippen molar-refractivity contribution in [1.29, 1.82) is 0 Å². The molecule has 0 saturated heterocycles. The van der Waals surface area contributed by atoms with Gasteiger partial charge in [0.05, 0.1) is 10.2 Å². The number of anilines is 1. The lowest BCUT2D eigenvalue weighted by Crippen LogP contribution is -2.04. The number of carboxylic acid groups (broad SMARTS) is 1. The molecule has 2 N–H and O–H groups in total. The van der Waals surface area contributed by atoms with Crippen molar-refractivity contribution in [2.45, 2.75) is 26.7 Å². The van der Waals surface area contributed by atoms with Crippen molar-refractivity contribution in [3.05, 3.63) is 23.3 Å². The standard InChI is InChI=1S/C13H16N2O2S/c1-8-6-9(2)12-10(7-8)15-13(18-12)14-5-3-4-11(16)17/h6-7H,3-5H2,1-2H3,(H,14,15)(H,16,17). The zero-order valence-corrected chi connectivity index (χ0v) is 11.3. The fourth-order valence-corrected chi connectivity index (χ4v) is 2.83. The van der Waals surface area contributed by atoms with Gasteiger partial charge in [0.15, 0.2) is 5.13 Å². The zero-order chi connectivity index (χ0) is 13.1. The molecule has 0 aliphatic rings. The minimum absolute atomic E-state index is 0.191. The maximum atomic E-state index is 10.4. The predicted octanol–water partition coefficient (Wildman–Crippen LogP) is 3.19. The minimum Gasteiger partial charge on any atom is -0.481 e. The highest BCUT2D eigenvalue weighted by molar-refractivity contribution is 7.22. The van der Waals surface area contributed by atoms with E-state index in [4.69, 9.17) is 5.11 Å². The molecule has 2 rings (SSSR count). The second kappa shape index (κ2) is 5.35. The van der Waals surface area contributed by atoms with E-state index >= 15 is 0 Å². The number of aryl methyl sites for hydroxylation is 2. The minimum atomic E-state index is -0.757. The van der Waals surface area contributed by atoms with E-state index in [9.17, 15) is 4.79 Å². The quantitative estimate of drug-likeness (QED) is 0.814. The topological polar surface area (TPSA) is 62.2 Å². The van der Waals surface area contributed by atoms with Crippen LogP contribution in [0.5, 0.6) is 0 Å². The SMILES string of the molecule is Cc1cc(C)c2sc(NCCCC(=O)O)nc2c1. The third-order valence-corrected chi connectivity index (χ3v) is 3.83. The van der Waals surface area contributed by atoms with E-state index in [1.165, 1.54) is 15.8 Å². The van der Waals surface area contributed by atoms with E-state index in [1.54, 1.807) is 11.3 Å². The predicted molar refractivity (Wildman–Crippen MR) is 74.5 cm³/mol. The van der Waals surface area contributed by atoms with Crippen molar-refractivity contribution >= 4 is 32.7 Å². The number of benzene rings is 1. The number of carboxylic acids is 1. The first-order valence-electron chi connectivity index (χ1n) is 5.90. The van der Waals surface area contributed by atoms with Crippen LogP contribution in [0.3, 0.4) is 0 Å². The van der Waals surface area contributed by atoms with Gasteiger partial charge in [-0.3, -0.25) is 4.79 Å². The summed E-state index contributed by atoms with van der Waals surface area (Å²) in [6, 6.07) is 4.22. The number of rotatable bonds is 5. The number of hydrogen-bond donors (Lipinski definition) is 2. The molecule has 0 atom stereocenters. The van der Waals surface area contributed by atoms with Crippen LogP contribution in [0, 0.1) is 13.8 Å². The van der Waals surface area contributed by atoms with E-state index in [0.717, 1.165) is 10.6 Å². The Morgan fingerprint density at radius 3 is 2.94 bits per heavy atom. The summed E-state index contributed by atoms with van der Waals surface area (Å²) < 4.78 is 1.20. The number of carbonyl (C=O) groups is 1. The van der Waals surface area contributed by atoms with Crippen molar-refractivity contribution in [2.75, 3.05) is 11.9 Å². The summed E-state index contributed by atoms with van der Waals surface area (Å²) in [5.74, 6) is -0.757. The second-order valence-electron chi connectivity index (χ2n) is 4.37. The van der Waals surface area contributed by atoms with Crippen LogP contribution in [0.2, 0.25) is 0 Å². The number of fused-ring (bicyclic) bond motifs is 1. The van der Waals surface area contributed by atoms with Crippen LogP contribution >= 0.6 is 11.3 Å². The number of aromatic nitrogens is 1. The summed E-state index contributed by atoms with van der Waals surface area (Å²) in [6.45, 7) is 4.79. The van der Waals surface area contributed by atoms with Gasteiger partial charge < -0.3 is 10.4 Å². The van der Waals surface area contributed by atoms with Gasteiger partial charge in [0.1, 0.15) is 0 Å². The summed E-state index contributed by atoms with van der Waals surface area (Å²) in [6.07, 6.45) is 0.805. The van der Waals surface area contributed by atoms with Gasteiger partial charge in [-0.15, -0.1) is 0 Å². The molecule has 96 valence electrons. The molecule has 0 radical (unpaired) electrons. The highest BCUT2D eigenvalue weighted by Gasteiger charge is 2.06. The van der Waals surface area contributed by atoms with Gasteiger partial charge in [-0.1, -0.05) is 17.4 Å². The van der Waals surface area contributed by atoms with Crippen LogP contribution in [0.15, 0.2) is 12.1 Å². The first-order valence-corrected chi connectivity index (χ1v) is 6.71. The fraction of sp³-hybridized carbons (Fsp3) is 0.385. The van der Waals surface area contributed by atoms with Crippen LogP contribution in [0.25, 0.3) is 10.2 Å². The molecule has 18 heavy (non-hydrogen) atoms. The van der Waals surface area contributed by atoms with Crippen molar-refractivity contribution in [1.82, 2.24) is 4.98 Å². The van der Waals surface area contributed by atoms with Gasteiger partial charge in [0.2, 0.25) is 0 Å². The molecular weight excluding hydrogens is 248 g/mol. The smallest absolute Gasteiger partial charge is 0.303 e. The Kier molecular flexibility index (Phi) is 3.81. The number of hydrogen-bond acceptors (Lipinski definition) is 4. The second-order valence-corrected chi connectivity index (χ2v) is 5.37. The zero-order valence-electron chi connectivity index (χ0n) is 10.5. The van der Waals surface area contributed by atoms with E-state index in [1.807, 2.05) is 0 Å². The van der Waals surface area contributed by atoms with E-state index in [2.05, 4.69) is 36.3 Å². The molecule has 1 aromatic carbocycles. The molecule has 5 heteroatoms. The number of thiazole rings is 1. The Morgan fingerprint density at radius 2 is 2.22 bits per heavy atom. The van der Waals surface area contributed by atoms with Crippen LogP contribution in [-0.4, -0.2) is 22.6 Å². The number of nitrogens with one attached hydrogen (secondary N) is 1. The molecule has 0 unspecified atom stereocenters. The average Bonchev–Trinajstić information content (AvgIpc) is 2.67. The Hall–Kier alpha value is -1.62. The molecule has 0 bridgehead atoms. The maximum absolute atomic E-state index is 10.4. The van der Waals surface area contributed by atoms with Gasteiger partial charge in [-0.05, 0) is 37.5 Å². The van der Waals surface area contributed by atoms with Crippen LogP contribution in [0.1, 0.15) is 24.0 Å². The van der Waals surface area contributed by atoms with Crippen LogP contribution in [-0.2, 0) is 4.79 Å². The highest BCUT2D eigenvalue weighted by atomic mass is 32.1. The van der Waals surface area contributed by atoms with E-state index in [0.29, 0.717) is 13.0 Å². The fourth-order valence-electron chi connectivity index (χ4n) is 1.89. The lowest BCUT2D eigenvalue weighted by atomic mass is 10.1. The first kappa shape index (κ1) is 12.8. The summed E-state index contributed by atoms with van der Waals surface area (Å²) in [7, 11) is 0. The maximum Gasteiger partial charge on any atom is 0.303 e. The molecule has 2 aromatic rings. The van der Waals surface area contributed by atoms with Crippen LogP contribution in [0.4, 0.5) is 5.13 Å². The Bertz CT molecular complexity index is 578. The average molecular weight is 264 g/mol. The highest BCUT2D eigenvalue weighted by Crippen LogP contribution is 2.29. The van der Waals surface area contributed by atoms with Gasteiger partial charge in [-0.2, -0.15) is 0 Å². The van der Waals surface area contributed by atoms with Gasteiger partial charge in [0.25, 0.3) is 0 Å². The molecule has 0 spiro atoms. The largest absolute Gasteiger partial charge is 0.481 e. The monoisotopic (exact) mass is 264 g/mol. The van der Waals surface area contributed by atoms with E-state index < -0.39 is 5.97 Å². The Labute approximate surface area is 110 Å². The van der Waals surface area contributed by atoms with Gasteiger partial charge in [0, 0.05) is 13.0 Å². The van der Waals surface area contributed by atoms with Gasteiger partial charge >= 0.3 is 5.97 Å². The summed E-state index contributed by atoms with van der Waals surface area (Å²) in [5.41, 5.74) is 3.46. The molecule has 0 amide bonds. The molecule has 0 saturated carbocycles. The third kappa shape index (κ3) is 2.98. The summed E-state index contributed by atoms with van der Waals surface area (Å²) >= 11 is 1.62. The molecule has 0 aliphatic heterocycles. The number of nitrogens with zero attached hydrogens (tertiary/aromatic N) is 1. The van der Waals surface area contributed by atoms with Gasteiger partial charge in [-0.25, -0.2) is 4.98 Å². The van der Waals surface area contributed by atoms with Crippen molar-refractivity contribution in [2.24, 2.45) is 0 Å². The molecule has 0 aliphatic carbocycles. The summed E-state index contributed by atoms with van der Waals surface area (Å²) in [4.78, 5) is 14.9. The molecule has 0 fully saturated rings. The molecule has 4 nitrogen and oxygen atoms in total. The summed E-state index contributed by atoms with van der Waals surface area (Å²) in [5, 5.41) is 12.6. The first-order chi connectivity index (χ1) is 8.56.